The summed E-state index contributed by atoms with van der Waals surface area (Å²) in [6.07, 6.45) is 5.26. The lowest BCUT2D eigenvalue weighted by Gasteiger charge is -2.32. The summed E-state index contributed by atoms with van der Waals surface area (Å²) < 4.78 is 0. The third kappa shape index (κ3) is 4.11. The van der Waals surface area contributed by atoms with Gasteiger partial charge >= 0.3 is 0 Å². The van der Waals surface area contributed by atoms with Gasteiger partial charge in [0.05, 0.1) is 0 Å². The van der Waals surface area contributed by atoms with Gasteiger partial charge in [0.2, 0.25) is 0 Å². The Hall–Kier alpha value is -3.28. The molecule has 6 heteroatoms. The Kier molecular flexibility index (Phi) is 5.05. The molecule has 1 amide bonds. The first kappa shape index (κ1) is 17.1. The fourth-order valence-corrected chi connectivity index (χ4v) is 3.26. The van der Waals surface area contributed by atoms with Gasteiger partial charge in [-0.15, -0.1) is 0 Å². The Bertz CT molecular complexity index is 893. The van der Waals surface area contributed by atoms with Crippen molar-refractivity contribution in [2.75, 3.05) is 18.4 Å². The Morgan fingerprint density at radius 1 is 0.926 bits per heavy atom. The molecule has 1 aromatic carbocycles. The lowest BCUT2D eigenvalue weighted by Crippen LogP contribution is -2.42. The molecular weight excluding hydrogens is 338 g/mol. The second-order valence-electron chi connectivity index (χ2n) is 6.56. The Labute approximate surface area is 158 Å². The number of nitrogens with zero attached hydrogens (tertiary/aromatic N) is 4. The van der Waals surface area contributed by atoms with Crippen molar-refractivity contribution in [1.29, 1.82) is 0 Å². The maximum atomic E-state index is 12.5. The average Bonchev–Trinajstić information content (AvgIpc) is 2.75. The topological polar surface area (TPSA) is 71.0 Å². The van der Waals surface area contributed by atoms with Crippen LogP contribution in [0.5, 0.6) is 0 Å². The van der Waals surface area contributed by atoms with Gasteiger partial charge in [-0.2, -0.15) is 0 Å². The van der Waals surface area contributed by atoms with E-state index in [1.807, 2.05) is 59.5 Å². The molecule has 1 aliphatic heterocycles. The largest absolute Gasteiger partial charge is 0.367 e. The van der Waals surface area contributed by atoms with Crippen LogP contribution in [0, 0.1) is 0 Å². The van der Waals surface area contributed by atoms with Crippen LogP contribution < -0.4 is 5.32 Å². The summed E-state index contributed by atoms with van der Waals surface area (Å²) >= 11 is 0. The van der Waals surface area contributed by atoms with E-state index in [2.05, 4.69) is 20.3 Å². The zero-order chi connectivity index (χ0) is 18.5. The number of hydrogen-bond acceptors (Lipinski definition) is 5. The first-order valence-corrected chi connectivity index (χ1v) is 9.15. The van der Waals surface area contributed by atoms with Crippen LogP contribution in [-0.2, 0) is 0 Å². The van der Waals surface area contributed by atoms with Gasteiger partial charge in [0.1, 0.15) is 11.5 Å². The highest BCUT2D eigenvalue weighted by Crippen LogP contribution is 2.19. The van der Waals surface area contributed by atoms with E-state index in [0.717, 1.165) is 43.0 Å². The van der Waals surface area contributed by atoms with E-state index in [1.54, 1.807) is 12.4 Å². The quantitative estimate of drug-likeness (QED) is 0.774. The lowest BCUT2D eigenvalue weighted by molar-refractivity contribution is 0.0718. The molecule has 136 valence electrons. The molecular formula is C21H21N5O. The lowest BCUT2D eigenvalue weighted by atomic mass is 10.0. The van der Waals surface area contributed by atoms with Gasteiger partial charge in [-0.3, -0.25) is 9.78 Å². The number of carbonyl (C=O) groups excluding carboxylic acids is 1. The van der Waals surface area contributed by atoms with E-state index in [9.17, 15) is 4.79 Å². The molecule has 4 rings (SSSR count). The number of carbonyl (C=O) groups is 1. The van der Waals surface area contributed by atoms with Gasteiger partial charge in [-0.05, 0) is 43.2 Å². The molecule has 3 aromatic rings. The van der Waals surface area contributed by atoms with E-state index in [0.29, 0.717) is 5.82 Å². The molecule has 0 saturated carbocycles. The molecule has 1 aliphatic rings. The number of benzene rings is 1. The van der Waals surface area contributed by atoms with Gasteiger partial charge in [-0.1, -0.05) is 24.3 Å². The van der Waals surface area contributed by atoms with Gasteiger partial charge in [-0.25, -0.2) is 9.97 Å². The Balaban J connectivity index is 1.36. The third-order valence-electron chi connectivity index (χ3n) is 4.70. The van der Waals surface area contributed by atoms with Crippen LogP contribution in [0.25, 0.3) is 11.5 Å². The van der Waals surface area contributed by atoms with E-state index < -0.39 is 0 Å². The second kappa shape index (κ2) is 7.95. The van der Waals surface area contributed by atoms with Gasteiger partial charge in [0.15, 0.2) is 5.82 Å². The minimum Gasteiger partial charge on any atom is -0.367 e. The Morgan fingerprint density at radius 3 is 2.44 bits per heavy atom. The summed E-state index contributed by atoms with van der Waals surface area (Å²) in [7, 11) is 0. The number of amides is 1. The number of aromatic nitrogens is 3. The number of nitrogens with one attached hydrogen (secondary N) is 1. The molecule has 6 nitrogen and oxygen atoms in total. The summed E-state index contributed by atoms with van der Waals surface area (Å²) in [6, 6.07) is 17.3. The number of rotatable bonds is 4. The predicted octanol–water partition coefficient (Wildman–Crippen LogP) is 3.26. The molecule has 27 heavy (non-hydrogen) atoms. The van der Waals surface area contributed by atoms with Crippen molar-refractivity contribution in [3.05, 3.63) is 72.6 Å². The molecule has 1 N–H and O–H groups in total. The van der Waals surface area contributed by atoms with Crippen molar-refractivity contribution < 1.29 is 4.79 Å². The van der Waals surface area contributed by atoms with Gasteiger partial charge in [0, 0.05) is 37.1 Å². The van der Waals surface area contributed by atoms with Crippen LogP contribution in [-0.4, -0.2) is 44.9 Å². The maximum Gasteiger partial charge on any atom is 0.253 e. The van der Waals surface area contributed by atoms with Crippen molar-refractivity contribution in [2.45, 2.75) is 18.9 Å². The third-order valence-corrected chi connectivity index (χ3v) is 4.70. The molecule has 0 atom stereocenters. The molecule has 2 aromatic heterocycles. The highest BCUT2D eigenvalue weighted by molar-refractivity contribution is 5.94. The normalized spacial score (nSPS) is 14.7. The highest BCUT2D eigenvalue weighted by atomic mass is 16.2. The first-order chi connectivity index (χ1) is 13.3. The average molecular weight is 359 g/mol. The zero-order valence-corrected chi connectivity index (χ0v) is 15.0. The number of likely N-dealkylation sites (tertiary alicyclic amines) is 1. The fourth-order valence-electron chi connectivity index (χ4n) is 3.26. The summed E-state index contributed by atoms with van der Waals surface area (Å²) in [5.74, 6) is 1.50. The van der Waals surface area contributed by atoms with E-state index in [4.69, 9.17) is 0 Å². The van der Waals surface area contributed by atoms with Gasteiger partial charge in [0.25, 0.3) is 5.91 Å². The molecule has 1 fully saturated rings. The Morgan fingerprint density at radius 2 is 1.70 bits per heavy atom. The zero-order valence-electron chi connectivity index (χ0n) is 15.0. The fraction of sp³-hybridized carbons (Fsp3) is 0.238. The number of piperidine rings is 1. The van der Waals surface area contributed by atoms with Crippen molar-refractivity contribution in [3.63, 3.8) is 0 Å². The molecule has 0 bridgehead atoms. The summed E-state index contributed by atoms with van der Waals surface area (Å²) in [5, 5.41) is 3.47. The van der Waals surface area contributed by atoms with Crippen LogP contribution in [0.3, 0.4) is 0 Å². The smallest absolute Gasteiger partial charge is 0.253 e. The van der Waals surface area contributed by atoms with Gasteiger partial charge < -0.3 is 10.2 Å². The van der Waals surface area contributed by atoms with Crippen LogP contribution in [0.1, 0.15) is 23.2 Å². The van der Waals surface area contributed by atoms with E-state index >= 15 is 0 Å². The highest BCUT2D eigenvalue weighted by Gasteiger charge is 2.23. The summed E-state index contributed by atoms with van der Waals surface area (Å²) in [6.45, 7) is 1.48. The van der Waals surface area contributed by atoms with Crippen molar-refractivity contribution in [2.24, 2.45) is 0 Å². The molecule has 0 aliphatic carbocycles. The first-order valence-electron chi connectivity index (χ1n) is 9.15. The molecule has 0 spiro atoms. The van der Waals surface area contributed by atoms with Crippen LogP contribution >= 0.6 is 0 Å². The summed E-state index contributed by atoms with van der Waals surface area (Å²) in [4.78, 5) is 27.6. The maximum absolute atomic E-state index is 12.5. The minimum absolute atomic E-state index is 0.105. The number of pyridine rings is 1. The van der Waals surface area contributed by atoms with E-state index in [1.165, 1.54) is 0 Å². The molecule has 0 unspecified atom stereocenters. The standard InChI is InChI=1S/C21H21N5O/c27-21(16-6-2-1-3-7-16)26-14-10-17(11-15-26)24-19-9-13-23-20(25-19)18-8-4-5-12-22-18/h1-9,12-13,17H,10-11,14-15H2,(H,23,24,25). The monoisotopic (exact) mass is 359 g/mol. The number of anilines is 1. The van der Waals surface area contributed by atoms with Crippen LogP contribution in [0.15, 0.2) is 67.0 Å². The second-order valence-corrected chi connectivity index (χ2v) is 6.56. The van der Waals surface area contributed by atoms with E-state index in [-0.39, 0.29) is 11.9 Å². The number of hydrogen-bond donors (Lipinski definition) is 1. The SMILES string of the molecule is O=C(c1ccccc1)N1CCC(Nc2ccnc(-c3ccccn3)n2)CC1. The predicted molar refractivity (Wildman–Crippen MR) is 104 cm³/mol. The van der Waals surface area contributed by atoms with Crippen molar-refractivity contribution >= 4 is 11.7 Å². The minimum atomic E-state index is 0.105. The molecule has 0 radical (unpaired) electrons. The summed E-state index contributed by atoms with van der Waals surface area (Å²) in [5.41, 5.74) is 1.50. The van der Waals surface area contributed by atoms with Crippen LogP contribution in [0.4, 0.5) is 5.82 Å². The van der Waals surface area contributed by atoms with Crippen LogP contribution in [0.2, 0.25) is 0 Å². The molecule has 3 heterocycles. The molecule has 1 saturated heterocycles. The van der Waals surface area contributed by atoms with Crippen molar-refractivity contribution in [1.82, 2.24) is 19.9 Å². The van der Waals surface area contributed by atoms with Crippen molar-refractivity contribution in [3.8, 4) is 11.5 Å².